The van der Waals surface area contributed by atoms with E-state index in [1.54, 1.807) is 11.3 Å². The summed E-state index contributed by atoms with van der Waals surface area (Å²) in [4.78, 5) is 0.758. The number of thiol groups is 1. The highest BCUT2D eigenvalue weighted by atomic mass is 127. The van der Waals surface area contributed by atoms with Gasteiger partial charge in [0.2, 0.25) is 0 Å². The quantitative estimate of drug-likeness (QED) is 0.582. The van der Waals surface area contributed by atoms with Crippen LogP contribution in [-0.2, 0) is 0 Å². The number of fused-ring (bicyclic) bond motifs is 1. The minimum atomic E-state index is 0.646. The van der Waals surface area contributed by atoms with Gasteiger partial charge in [-0.15, -0.1) is 24.0 Å². The molecule has 0 N–H and O–H groups in total. The zero-order chi connectivity index (χ0) is 9.42. The second-order valence-corrected chi connectivity index (χ2v) is 5.12. The number of rotatable bonds is 0. The van der Waals surface area contributed by atoms with E-state index in [2.05, 4.69) is 46.7 Å². The fraction of sp³-hybridized carbons (Fsp3) is 0. The van der Waals surface area contributed by atoms with Crippen molar-refractivity contribution in [3.63, 3.8) is 0 Å². The molecule has 0 aliphatic rings. The summed E-state index contributed by atoms with van der Waals surface area (Å²) < 4.78 is 2.39. The van der Waals surface area contributed by atoms with Crippen LogP contribution in [0.2, 0.25) is 0 Å². The van der Waals surface area contributed by atoms with Crippen LogP contribution >= 0.6 is 46.6 Å². The van der Waals surface area contributed by atoms with Crippen LogP contribution in [0.4, 0.5) is 0 Å². The van der Waals surface area contributed by atoms with E-state index in [-0.39, 0.29) is 0 Å². The van der Waals surface area contributed by atoms with Gasteiger partial charge in [-0.2, -0.15) is 5.26 Å². The summed E-state index contributed by atoms with van der Waals surface area (Å²) in [5.74, 6) is 0. The molecule has 0 aliphatic heterocycles. The smallest absolute Gasteiger partial charge is 0.100 e. The number of nitrogens with zero attached hydrogens (tertiary/aromatic N) is 1. The van der Waals surface area contributed by atoms with Crippen LogP contribution in [0.5, 0.6) is 0 Å². The third-order valence-electron chi connectivity index (χ3n) is 1.77. The Morgan fingerprint density at radius 2 is 2.23 bits per heavy atom. The Hall–Kier alpha value is -0.250. The van der Waals surface area contributed by atoms with Crippen molar-refractivity contribution >= 4 is 56.6 Å². The van der Waals surface area contributed by atoms with E-state index in [4.69, 9.17) is 5.26 Å². The SMILES string of the molecule is N#Cc1cc2c(I)csc2cc1S. The van der Waals surface area contributed by atoms with E-state index >= 15 is 0 Å². The number of hydrogen-bond acceptors (Lipinski definition) is 3. The van der Waals surface area contributed by atoms with Gasteiger partial charge in [-0.3, -0.25) is 0 Å². The molecule has 2 rings (SSSR count). The van der Waals surface area contributed by atoms with Crippen LogP contribution in [0.15, 0.2) is 22.4 Å². The third kappa shape index (κ3) is 1.56. The minimum Gasteiger partial charge on any atom is -0.192 e. The van der Waals surface area contributed by atoms with Crippen molar-refractivity contribution in [1.82, 2.24) is 0 Å². The van der Waals surface area contributed by atoms with E-state index < -0.39 is 0 Å². The average molecular weight is 317 g/mol. The topological polar surface area (TPSA) is 23.8 Å². The number of halogens is 1. The van der Waals surface area contributed by atoms with Crippen molar-refractivity contribution < 1.29 is 0 Å². The molecule has 2 aromatic rings. The van der Waals surface area contributed by atoms with Crippen LogP contribution in [0, 0.1) is 14.9 Å². The molecule has 0 saturated carbocycles. The van der Waals surface area contributed by atoms with Crippen LogP contribution in [0.1, 0.15) is 5.56 Å². The molecule has 1 nitrogen and oxygen atoms in total. The van der Waals surface area contributed by atoms with Gasteiger partial charge in [0.15, 0.2) is 0 Å². The molecule has 0 saturated heterocycles. The zero-order valence-corrected chi connectivity index (χ0v) is 10.3. The fourth-order valence-electron chi connectivity index (χ4n) is 1.12. The molecule has 13 heavy (non-hydrogen) atoms. The van der Waals surface area contributed by atoms with Gasteiger partial charge >= 0.3 is 0 Å². The predicted molar refractivity (Wildman–Crippen MR) is 66.5 cm³/mol. The van der Waals surface area contributed by atoms with E-state index in [1.165, 1.54) is 8.27 Å². The van der Waals surface area contributed by atoms with Gasteiger partial charge in [0.05, 0.1) is 5.56 Å². The molecule has 0 aliphatic carbocycles. The molecular weight excluding hydrogens is 313 g/mol. The van der Waals surface area contributed by atoms with E-state index in [9.17, 15) is 0 Å². The summed E-state index contributed by atoms with van der Waals surface area (Å²) in [6.07, 6.45) is 0. The van der Waals surface area contributed by atoms with Crippen LogP contribution < -0.4 is 0 Å². The zero-order valence-electron chi connectivity index (χ0n) is 6.41. The van der Waals surface area contributed by atoms with Gasteiger partial charge in [-0.25, -0.2) is 0 Å². The Morgan fingerprint density at radius 3 is 2.92 bits per heavy atom. The van der Waals surface area contributed by atoms with Crippen LogP contribution in [0.25, 0.3) is 10.1 Å². The first-order valence-corrected chi connectivity index (χ1v) is 5.93. The Kier molecular flexibility index (Phi) is 2.49. The van der Waals surface area contributed by atoms with E-state index in [0.717, 1.165) is 10.3 Å². The molecule has 1 heterocycles. The molecule has 4 heteroatoms. The highest BCUT2D eigenvalue weighted by Gasteiger charge is 2.05. The molecule has 0 unspecified atom stereocenters. The van der Waals surface area contributed by atoms with Gasteiger partial charge in [-0.1, -0.05) is 0 Å². The Labute approximate surface area is 98.9 Å². The van der Waals surface area contributed by atoms with Gasteiger partial charge in [-0.05, 0) is 34.7 Å². The molecule has 0 radical (unpaired) electrons. The third-order valence-corrected chi connectivity index (χ3v) is 4.40. The maximum absolute atomic E-state index is 8.81. The van der Waals surface area contributed by atoms with Crippen molar-refractivity contribution in [2.45, 2.75) is 4.90 Å². The summed E-state index contributed by atoms with van der Waals surface area (Å²) in [6, 6.07) is 5.98. The first-order chi connectivity index (χ1) is 6.22. The van der Waals surface area contributed by atoms with Gasteiger partial charge in [0.1, 0.15) is 6.07 Å². The Morgan fingerprint density at radius 1 is 1.46 bits per heavy atom. The summed E-state index contributed by atoms with van der Waals surface area (Å²) in [7, 11) is 0. The molecular formula is C9H4INS2. The fourth-order valence-corrected chi connectivity index (χ4v) is 3.30. The van der Waals surface area contributed by atoms with E-state index in [1.807, 2.05) is 12.1 Å². The largest absolute Gasteiger partial charge is 0.192 e. The van der Waals surface area contributed by atoms with E-state index in [0.29, 0.717) is 5.56 Å². The van der Waals surface area contributed by atoms with Crippen molar-refractivity contribution in [3.8, 4) is 6.07 Å². The lowest BCUT2D eigenvalue weighted by atomic mass is 10.2. The van der Waals surface area contributed by atoms with Gasteiger partial charge in [0.25, 0.3) is 0 Å². The molecule has 1 aromatic heterocycles. The number of thiophene rings is 1. The number of hydrogen-bond donors (Lipinski definition) is 1. The Bertz CT molecular complexity index is 510. The first kappa shape index (κ1) is 9.31. The summed E-state index contributed by atoms with van der Waals surface area (Å²) in [5.41, 5.74) is 0.646. The van der Waals surface area contributed by atoms with Crippen molar-refractivity contribution in [3.05, 3.63) is 26.6 Å². The first-order valence-electron chi connectivity index (χ1n) is 3.52. The maximum Gasteiger partial charge on any atom is 0.100 e. The normalized spacial score (nSPS) is 10.2. The summed E-state index contributed by atoms with van der Waals surface area (Å²) in [5, 5.41) is 12.0. The van der Waals surface area contributed by atoms with Crippen LogP contribution in [-0.4, -0.2) is 0 Å². The predicted octanol–water partition coefficient (Wildman–Crippen LogP) is 3.67. The Balaban J connectivity index is 2.86. The van der Waals surface area contributed by atoms with Crippen molar-refractivity contribution in [1.29, 1.82) is 5.26 Å². The minimum absolute atomic E-state index is 0.646. The molecule has 0 atom stereocenters. The highest BCUT2D eigenvalue weighted by molar-refractivity contribution is 14.1. The average Bonchev–Trinajstić information content (AvgIpc) is 2.46. The van der Waals surface area contributed by atoms with Crippen molar-refractivity contribution in [2.75, 3.05) is 0 Å². The molecule has 64 valence electrons. The highest BCUT2D eigenvalue weighted by Crippen LogP contribution is 2.30. The molecule has 0 bridgehead atoms. The van der Waals surface area contributed by atoms with Gasteiger partial charge < -0.3 is 0 Å². The second-order valence-electron chi connectivity index (χ2n) is 2.56. The summed E-state index contributed by atoms with van der Waals surface area (Å²) >= 11 is 8.20. The lowest BCUT2D eigenvalue weighted by molar-refractivity contribution is 1.41. The lowest BCUT2D eigenvalue weighted by Crippen LogP contribution is -1.77. The molecule has 0 fully saturated rings. The number of nitriles is 1. The summed E-state index contributed by atoms with van der Waals surface area (Å²) in [6.45, 7) is 0. The molecule has 1 aromatic carbocycles. The lowest BCUT2D eigenvalue weighted by Gasteiger charge is -1.96. The second kappa shape index (κ2) is 3.48. The monoisotopic (exact) mass is 317 g/mol. The van der Waals surface area contributed by atoms with Crippen LogP contribution in [0.3, 0.4) is 0 Å². The van der Waals surface area contributed by atoms with Gasteiger partial charge in [0, 0.05) is 23.9 Å². The molecule has 0 amide bonds. The van der Waals surface area contributed by atoms with Crippen molar-refractivity contribution in [2.24, 2.45) is 0 Å². The molecule has 0 spiro atoms. The maximum atomic E-state index is 8.81. The standard InChI is InChI=1S/C9H4INS2/c10-7-4-13-9-2-8(12)5(3-11)1-6(7)9/h1-2,4,12H. The number of benzene rings is 1.